The molecule has 0 saturated carbocycles. The van der Waals surface area contributed by atoms with Crippen molar-refractivity contribution >= 4 is 28.3 Å². The van der Waals surface area contributed by atoms with Gasteiger partial charge in [-0.2, -0.15) is 11.3 Å². The molecule has 0 unspecified atom stereocenters. The van der Waals surface area contributed by atoms with E-state index in [2.05, 4.69) is 21.8 Å². The monoisotopic (exact) mass is 273 g/mol. The summed E-state index contributed by atoms with van der Waals surface area (Å²) in [7, 11) is 0. The molecular formula is C13H11N3O2S. The number of carboxylic acids is 1. The number of carboxylic acid groups (broad SMARTS) is 1. The van der Waals surface area contributed by atoms with Gasteiger partial charge in [0, 0.05) is 6.54 Å². The fourth-order valence-electron chi connectivity index (χ4n) is 2.00. The van der Waals surface area contributed by atoms with E-state index in [1.54, 1.807) is 28.2 Å². The molecule has 0 aliphatic rings. The summed E-state index contributed by atoms with van der Waals surface area (Å²) in [5.74, 6) is -0.976. The molecule has 2 heterocycles. The molecule has 0 saturated heterocycles. The lowest BCUT2D eigenvalue weighted by atomic mass is 10.2. The zero-order valence-corrected chi connectivity index (χ0v) is 10.8. The molecule has 96 valence electrons. The third-order valence-electron chi connectivity index (χ3n) is 2.97. The molecule has 0 spiro atoms. The van der Waals surface area contributed by atoms with Gasteiger partial charge in [0.25, 0.3) is 0 Å². The zero-order chi connectivity index (χ0) is 13.2. The van der Waals surface area contributed by atoms with E-state index in [1.165, 1.54) is 5.56 Å². The molecule has 0 atom stereocenters. The number of carbonyl (C=O) groups is 1. The average Bonchev–Trinajstić information content (AvgIpc) is 3.05. The highest BCUT2D eigenvalue weighted by atomic mass is 32.1. The van der Waals surface area contributed by atoms with Crippen molar-refractivity contribution in [1.82, 2.24) is 15.0 Å². The second-order valence-corrected chi connectivity index (χ2v) is 4.95. The molecule has 0 radical (unpaired) electrons. The van der Waals surface area contributed by atoms with Gasteiger partial charge >= 0.3 is 5.97 Å². The van der Waals surface area contributed by atoms with Crippen LogP contribution >= 0.6 is 11.3 Å². The Morgan fingerprint density at radius 1 is 1.37 bits per heavy atom. The molecule has 5 nitrogen and oxygen atoms in total. The third kappa shape index (κ3) is 2.22. The Bertz CT molecular complexity index is 719. The molecule has 3 rings (SSSR count). The lowest BCUT2D eigenvalue weighted by Gasteiger charge is -2.01. The maximum absolute atomic E-state index is 11.1. The highest BCUT2D eigenvalue weighted by Gasteiger charge is 2.13. The summed E-state index contributed by atoms with van der Waals surface area (Å²) in [6, 6.07) is 7.18. The molecule has 0 bridgehead atoms. The number of rotatable bonds is 4. The lowest BCUT2D eigenvalue weighted by molar-refractivity contribution is 0.0699. The van der Waals surface area contributed by atoms with Gasteiger partial charge in [-0.05, 0) is 40.9 Å². The van der Waals surface area contributed by atoms with Crippen LogP contribution in [-0.2, 0) is 13.0 Å². The van der Waals surface area contributed by atoms with Crippen LogP contribution in [0.15, 0.2) is 35.0 Å². The van der Waals surface area contributed by atoms with E-state index in [0.29, 0.717) is 12.1 Å². The first-order valence-corrected chi connectivity index (χ1v) is 6.76. The number of fused-ring (bicyclic) bond motifs is 1. The molecule has 0 aliphatic heterocycles. The highest BCUT2D eigenvalue weighted by molar-refractivity contribution is 7.07. The van der Waals surface area contributed by atoms with Gasteiger partial charge in [0.1, 0.15) is 5.52 Å². The van der Waals surface area contributed by atoms with E-state index in [-0.39, 0.29) is 5.56 Å². The zero-order valence-electron chi connectivity index (χ0n) is 9.98. The number of benzene rings is 1. The highest BCUT2D eigenvalue weighted by Crippen LogP contribution is 2.17. The van der Waals surface area contributed by atoms with Crippen LogP contribution in [0, 0.1) is 0 Å². The van der Waals surface area contributed by atoms with Gasteiger partial charge in [-0.1, -0.05) is 11.3 Å². The van der Waals surface area contributed by atoms with Gasteiger partial charge in [-0.3, -0.25) is 0 Å². The molecule has 0 aliphatic carbocycles. The number of nitrogens with zero attached hydrogens (tertiary/aromatic N) is 3. The minimum Gasteiger partial charge on any atom is -0.478 e. The first-order chi connectivity index (χ1) is 9.25. The van der Waals surface area contributed by atoms with Crippen molar-refractivity contribution in [3.8, 4) is 0 Å². The second kappa shape index (κ2) is 4.81. The molecular weight excluding hydrogens is 262 g/mol. The second-order valence-electron chi connectivity index (χ2n) is 4.17. The van der Waals surface area contributed by atoms with Crippen LogP contribution in [0.4, 0.5) is 0 Å². The fraction of sp³-hybridized carbons (Fsp3) is 0.154. The van der Waals surface area contributed by atoms with Gasteiger partial charge in [0.2, 0.25) is 0 Å². The molecule has 1 aromatic carbocycles. The summed E-state index contributed by atoms with van der Waals surface area (Å²) >= 11 is 1.66. The van der Waals surface area contributed by atoms with E-state index in [1.807, 2.05) is 11.4 Å². The number of aromatic nitrogens is 3. The predicted octanol–water partition coefficient (Wildman–Crippen LogP) is 2.43. The molecule has 1 N–H and O–H groups in total. The van der Waals surface area contributed by atoms with Gasteiger partial charge in [0.05, 0.1) is 11.1 Å². The first-order valence-electron chi connectivity index (χ1n) is 5.82. The summed E-state index contributed by atoms with van der Waals surface area (Å²) < 4.78 is 1.75. The SMILES string of the molecule is O=C(O)c1cccc2c1nnn2CCc1ccsc1. The van der Waals surface area contributed by atoms with E-state index in [0.717, 1.165) is 11.9 Å². The number of hydrogen-bond donors (Lipinski definition) is 1. The Morgan fingerprint density at radius 2 is 2.26 bits per heavy atom. The van der Waals surface area contributed by atoms with Crippen LogP contribution < -0.4 is 0 Å². The van der Waals surface area contributed by atoms with Gasteiger partial charge < -0.3 is 5.11 Å². The predicted molar refractivity (Wildman–Crippen MR) is 72.5 cm³/mol. The maximum Gasteiger partial charge on any atom is 0.338 e. The Balaban J connectivity index is 1.92. The van der Waals surface area contributed by atoms with Gasteiger partial charge in [-0.25, -0.2) is 9.48 Å². The molecule has 0 amide bonds. The Hall–Kier alpha value is -2.21. The number of aromatic carboxylic acids is 1. The summed E-state index contributed by atoms with van der Waals surface area (Å²) in [6.45, 7) is 0.691. The molecule has 19 heavy (non-hydrogen) atoms. The molecule has 2 aromatic heterocycles. The van der Waals surface area contributed by atoms with Gasteiger partial charge in [-0.15, -0.1) is 5.10 Å². The Labute approximate surface area is 113 Å². The molecule has 3 aromatic rings. The fourth-order valence-corrected chi connectivity index (χ4v) is 2.70. The largest absolute Gasteiger partial charge is 0.478 e. The van der Waals surface area contributed by atoms with E-state index < -0.39 is 5.97 Å². The number of thiophene rings is 1. The summed E-state index contributed by atoms with van der Waals surface area (Å²) in [5, 5.41) is 21.3. The van der Waals surface area contributed by atoms with Crippen molar-refractivity contribution in [1.29, 1.82) is 0 Å². The first kappa shape index (κ1) is 11.9. The quantitative estimate of drug-likeness (QED) is 0.792. The van der Waals surface area contributed by atoms with E-state index in [4.69, 9.17) is 5.11 Å². The number of aryl methyl sites for hydroxylation is 2. The van der Waals surface area contributed by atoms with Crippen molar-refractivity contribution in [2.75, 3.05) is 0 Å². The summed E-state index contributed by atoms with van der Waals surface area (Å²) in [5.41, 5.74) is 2.65. The minimum absolute atomic E-state index is 0.194. The summed E-state index contributed by atoms with van der Waals surface area (Å²) in [6.07, 6.45) is 0.860. The standard InChI is InChI=1S/C13H11N3O2S/c17-13(18)10-2-1-3-11-12(10)14-15-16(11)6-4-9-5-7-19-8-9/h1-3,5,7-8H,4,6H2,(H,17,18). The van der Waals surface area contributed by atoms with E-state index >= 15 is 0 Å². The summed E-state index contributed by atoms with van der Waals surface area (Å²) in [4.78, 5) is 11.1. The van der Waals surface area contributed by atoms with Crippen LogP contribution in [0.1, 0.15) is 15.9 Å². The van der Waals surface area contributed by atoms with Gasteiger partial charge in [0.15, 0.2) is 0 Å². The van der Waals surface area contributed by atoms with Crippen molar-refractivity contribution < 1.29 is 9.90 Å². The Morgan fingerprint density at radius 3 is 3.00 bits per heavy atom. The average molecular weight is 273 g/mol. The van der Waals surface area contributed by atoms with Crippen molar-refractivity contribution in [2.24, 2.45) is 0 Å². The Kier molecular flexibility index (Phi) is 3.00. The topological polar surface area (TPSA) is 68.0 Å². The van der Waals surface area contributed by atoms with Crippen LogP contribution in [0.2, 0.25) is 0 Å². The van der Waals surface area contributed by atoms with Crippen LogP contribution in [0.25, 0.3) is 11.0 Å². The van der Waals surface area contributed by atoms with E-state index in [9.17, 15) is 4.79 Å². The maximum atomic E-state index is 11.1. The smallest absolute Gasteiger partial charge is 0.338 e. The van der Waals surface area contributed by atoms with Crippen molar-refractivity contribution in [2.45, 2.75) is 13.0 Å². The lowest BCUT2D eigenvalue weighted by Crippen LogP contribution is -2.03. The molecule has 0 fully saturated rings. The normalized spacial score (nSPS) is 10.9. The van der Waals surface area contributed by atoms with Crippen LogP contribution in [-0.4, -0.2) is 26.1 Å². The van der Waals surface area contributed by atoms with Crippen LogP contribution in [0.5, 0.6) is 0 Å². The third-order valence-corrected chi connectivity index (χ3v) is 3.70. The minimum atomic E-state index is -0.976. The van der Waals surface area contributed by atoms with Crippen molar-refractivity contribution in [3.05, 3.63) is 46.2 Å². The molecule has 6 heteroatoms. The van der Waals surface area contributed by atoms with Crippen molar-refractivity contribution in [3.63, 3.8) is 0 Å². The van der Waals surface area contributed by atoms with Crippen LogP contribution in [0.3, 0.4) is 0 Å². The number of hydrogen-bond acceptors (Lipinski definition) is 4.